The van der Waals surface area contributed by atoms with Crippen molar-refractivity contribution in [3.63, 3.8) is 0 Å². The Balaban J connectivity index is 1.73. The fourth-order valence-corrected chi connectivity index (χ4v) is 3.43. The zero-order chi connectivity index (χ0) is 19.4. The van der Waals surface area contributed by atoms with Crippen LogP contribution in [0.4, 0.5) is 14.9 Å². The third-order valence-corrected chi connectivity index (χ3v) is 4.88. The zero-order valence-electron chi connectivity index (χ0n) is 14.4. The van der Waals surface area contributed by atoms with Gasteiger partial charge in [0.15, 0.2) is 5.01 Å². The third kappa shape index (κ3) is 4.38. The van der Waals surface area contributed by atoms with Gasteiger partial charge in [-0.25, -0.2) is 9.18 Å². The van der Waals surface area contributed by atoms with Crippen molar-refractivity contribution in [2.24, 2.45) is 0 Å². The minimum Gasteiger partial charge on any atom is -0.442 e. The molecule has 2 amide bonds. The highest BCUT2D eigenvalue weighted by atomic mass is 32.1. The van der Waals surface area contributed by atoms with E-state index >= 15 is 0 Å². The van der Waals surface area contributed by atoms with E-state index in [1.807, 2.05) is 6.07 Å². The summed E-state index contributed by atoms with van der Waals surface area (Å²) in [7, 11) is 0. The summed E-state index contributed by atoms with van der Waals surface area (Å²) in [5.74, 6) is -0.750. The van der Waals surface area contributed by atoms with Gasteiger partial charge in [-0.05, 0) is 18.2 Å². The van der Waals surface area contributed by atoms with Gasteiger partial charge in [0, 0.05) is 25.3 Å². The molecule has 1 saturated heterocycles. The number of amides is 2. The van der Waals surface area contributed by atoms with Gasteiger partial charge in [0.05, 0.1) is 24.8 Å². The molecule has 10 heteroatoms. The Hall–Kier alpha value is -3.06. The third-order valence-electron chi connectivity index (χ3n) is 3.87. The number of hydrogen-bond acceptors (Lipinski definition) is 7. The lowest BCUT2D eigenvalue weighted by Crippen LogP contribution is -2.33. The van der Waals surface area contributed by atoms with Crippen molar-refractivity contribution in [2.75, 3.05) is 18.0 Å². The number of hydrogen-bond donors (Lipinski definition) is 1. The van der Waals surface area contributed by atoms with Crippen LogP contribution in [0.2, 0.25) is 0 Å². The minimum absolute atomic E-state index is 0.203. The Morgan fingerprint density at radius 3 is 3.04 bits per heavy atom. The molecule has 0 aliphatic carbocycles. The number of rotatable bonds is 6. The molecule has 2 heterocycles. The summed E-state index contributed by atoms with van der Waals surface area (Å²) in [6.07, 6.45) is -0.280. The first-order chi connectivity index (χ1) is 13.0. The second kappa shape index (κ2) is 8.09. The Morgan fingerprint density at radius 2 is 2.33 bits per heavy atom. The Labute approximate surface area is 158 Å². The number of cyclic esters (lactones) is 1. The van der Waals surface area contributed by atoms with E-state index in [-0.39, 0.29) is 24.6 Å². The van der Waals surface area contributed by atoms with Gasteiger partial charge in [0.25, 0.3) is 0 Å². The first kappa shape index (κ1) is 18.7. The van der Waals surface area contributed by atoms with Gasteiger partial charge >= 0.3 is 6.09 Å². The Bertz CT molecular complexity index is 910. The molecule has 1 aromatic heterocycles. The molecule has 27 heavy (non-hydrogen) atoms. The second-order valence-corrected chi connectivity index (χ2v) is 6.94. The fourth-order valence-electron chi connectivity index (χ4n) is 2.57. The lowest BCUT2D eigenvalue weighted by molar-refractivity contribution is -0.119. The molecular weight excluding hydrogens is 373 g/mol. The molecule has 8 nitrogen and oxygen atoms in total. The maximum absolute atomic E-state index is 14.6. The predicted molar refractivity (Wildman–Crippen MR) is 95.5 cm³/mol. The van der Waals surface area contributed by atoms with Crippen LogP contribution in [0.3, 0.4) is 0 Å². The average Bonchev–Trinajstić information content (AvgIpc) is 3.24. The van der Waals surface area contributed by atoms with Gasteiger partial charge in [-0.1, -0.05) is 11.3 Å². The maximum Gasteiger partial charge on any atom is 0.414 e. The molecule has 1 unspecified atom stereocenters. The molecule has 1 aliphatic heterocycles. The Morgan fingerprint density at radius 1 is 1.52 bits per heavy atom. The van der Waals surface area contributed by atoms with Crippen molar-refractivity contribution >= 4 is 29.0 Å². The summed E-state index contributed by atoms with van der Waals surface area (Å²) < 4.78 is 19.8. The van der Waals surface area contributed by atoms with Crippen LogP contribution in [0.5, 0.6) is 0 Å². The fraction of sp³-hybridized carbons (Fsp3) is 0.353. The van der Waals surface area contributed by atoms with Gasteiger partial charge in [-0.2, -0.15) is 5.26 Å². The van der Waals surface area contributed by atoms with Crippen LogP contribution >= 0.6 is 11.3 Å². The van der Waals surface area contributed by atoms with Crippen molar-refractivity contribution in [3.05, 3.63) is 29.0 Å². The van der Waals surface area contributed by atoms with Crippen LogP contribution in [-0.4, -0.2) is 41.4 Å². The van der Waals surface area contributed by atoms with Crippen molar-refractivity contribution < 1.29 is 18.7 Å². The summed E-state index contributed by atoms with van der Waals surface area (Å²) in [6.45, 7) is 1.80. The molecule has 1 aromatic carbocycles. The Kier molecular flexibility index (Phi) is 5.61. The van der Waals surface area contributed by atoms with E-state index in [1.165, 1.54) is 35.3 Å². The van der Waals surface area contributed by atoms with E-state index < -0.39 is 18.0 Å². The maximum atomic E-state index is 14.6. The van der Waals surface area contributed by atoms with Crippen LogP contribution in [0.25, 0.3) is 10.6 Å². The molecule has 0 bridgehead atoms. The summed E-state index contributed by atoms with van der Waals surface area (Å²) >= 11 is 1.23. The monoisotopic (exact) mass is 389 g/mol. The van der Waals surface area contributed by atoms with Gasteiger partial charge in [-0.15, -0.1) is 10.2 Å². The quantitative estimate of drug-likeness (QED) is 0.812. The highest BCUT2D eigenvalue weighted by molar-refractivity contribution is 7.14. The predicted octanol–water partition coefficient (Wildman–Crippen LogP) is 2.26. The molecule has 2 aromatic rings. The minimum atomic E-state index is -0.591. The van der Waals surface area contributed by atoms with Crippen molar-refractivity contribution in [3.8, 4) is 16.6 Å². The highest BCUT2D eigenvalue weighted by Crippen LogP contribution is 2.31. The van der Waals surface area contributed by atoms with Crippen molar-refractivity contribution in [1.29, 1.82) is 5.26 Å². The van der Waals surface area contributed by atoms with E-state index in [9.17, 15) is 14.0 Å². The largest absolute Gasteiger partial charge is 0.442 e. The van der Waals surface area contributed by atoms with E-state index in [1.54, 1.807) is 6.07 Å². The first-order valence-corrected chi connectivity index (χ1v) is 9.01. The number of anilines is 1. The number of carbonyl (C=O) groups excluding carboxylic acids is 2. The van der Waals surface area contributed by atoms with E-state index in [0.29, 0.717) is 28.5 Å². The van der Waals surface area contributed by atoms with Gasteiger partial charge < -0.3 is 10.1 Å². The van der Waals surface area contributed by atoms with E-state index in [4.69, 9.17) is 10.00 Å². The summed E-state index contributed by atoms with van der Waals surface area (Å²) in [5.41, 5.74) is 0.641. The van der Waals surface area contributed by atoms with Crippen molar-refractivity contribution in [2.45, 2.75) is 25.9 Å². The number of aromatic nitrogens is 2. The lowest BCUT2D eigenvalue weighted by Gasteiger charge is -2.14. The molecule has 1 fully saturated rings. The van der Waals surface area contributed by atoms with Gasteiger partial charge in [0.2, 0.25) is 5.91 Å². The molecule has 0 radical (unpaired) electrons. The second-order valence-electron chi connectivity index (χ2n) is 5.88. The van der Waals surface area contributed by atoms with Gasteiger partial charge in [0.1, 0.15) is 16.9 Å². The molecule has 3 rings (SSSR count). The number of nitrogens with one attached hydrogen (secondary N) is 1. The normalized spacial score (nSPS) is 16.1. The van der Waals surface area contributed by atoms with E-state index in [0.717, 1.165) is 0 Å². The first-order valence-electron chi connectivity index (χ1n) is 8.19. The SMILES string of the molecule is CC(=O)NCC1CN(c2ccc(-c3nnc(CCC#N)s3)c(F)c2)C(=O)O1. The molecule has 140 valence electrons. The average molecular weight is 389 g/mol. The summed E-state index contributed by atoms with van der Waals surface area (Å²) in [6, 6.07) is 6.42. The number of aryl methyl sites for hydroxylation is 1. The number of ether oxygens (including phenoxy) is 1. The van der Waals surface area contributed by atoms with Crippen LogP contribution in [-0.2, 0) is 16.0 Å². The molecule has 1 N–H and O–H groups in total. The standard InChI is InChI=1S/C17H16FN5O3S/c1-10(24)20-8-12-9-23(17(25)26-12)11-4-5-13(14(18)7-11)16-22-21-15(27-16)3-2-6-19/h4-5,7,12H,2-3,8-9H2,1H3,(H,20,24). The van der Waals surface area contributed by atoms with Crippen LogP contribution in [0.1, 0.15) is 18.4 Å². The highest BCUT2D eigenvalue weighted by Gasteiger charge is 2.32. The zero-order valence-corrected chi connectivity index (χ0v) is 15.3. The van der Waals surface area contributed by atoms with Crippen LogP contribution in [0.15, 0.2) is 18.2 Å². The van der Waals surface area contributed by atoms with Gasteiger partial charge in [-0.3, -0.25) is 9.69 Å². The lowest BCUT2D eigenvalue weighted by atomic mass is 10.2. The molecule has 1 aliphatic rings. The number of nitriles is 1. The van der Waals surface area contributed by atoms with Crippen molar-refractivity contribution in [1.82, 2.24) is 15.5 Å². The van der Waals surface area contributed by atoms with Crippen LogP contribution < -0.4 is 10.2 Å². The topological polar surface area (TPSA) is 108 Å². The van der Waals surface area contributed by atoms with E-state index in [2.05, 4.69) is 15.5 Å². The summed E-state index contributed by atoms with van der Waals surface area (Å²) in [5, 5.41) is 20.2. The number of carbonyl (C=O) groups is 2. The van der Waals surface area contributed by atoms with Crippen LogP contribution in [0, 0.1) is 17.1 Å². The smallest absolute Gasteiger partial charge is 0.414 e. The number of halogens is 1. The molecule has 1 atom stereocenters. The number of nitrogens with zero attached hydrogens (tertiary/aromatic N) is 4. The number of benzene rings is 1. The molecule has 0 saturated carbocycles. The molecule has 0 spiro atoms. The molecular formula is C17H16FN5O3S. The summed E-state index contributed by atoms with van der Waals surface area (Å²) in [4.78, 5) is 24.3.